The summed E-state index contributed by atoms with van der Waals surface area (Å²) in [5, 5.41) is 30.7. The van der Waals surface area contributed by atoms with Gasteiger partial charge in [0.15, 0.2) is 5.65 Å². The lowest BCUT2D eigenvalue weighted by molar-refractivity contribution is 0.408. The van der Waals surface area contributed by atoms with Crippen molar-refractivity contribution in [2.75, 3.05) is 12.4 Å². The van der Waals surface area contributed by atoms with Crippen LogP contribution in [0.1, 0.15) is 35.2 Å². The molecule has 0 saturated carbocycles. The van der Waals surface area contributed by atoms with Crippen molar-refractivity contribution in [1.29, 1.82) is 10.5 Å². The average molecular weight is 356 g/mol. The number of anilines is 1. The number of ether oxygens (including phenoxy) is 1. The highest BCUT2D eigenvalue weighted by Crippen LogP contribution is 2.45. The molecule has 1 aliphatic rings. The summed E-state index contributed by atoms with van der Waals surface area (Å²) >= 11 is 0. The minimum absolute atomic E-state index is 0.368. The van der Waals surface area contributed by atoms with Crippen LogP contribution in [-0.4, -0.2) is 21.7 Å². The molecule has 1 N–H and O–H groups in total. The van der Waals surface area contributed by atoms with Crippen molar-refractivity contribution in [2.45, 2.75) is 19.8 Å². The quantitative estimate of drug-likeness (QED) is 0.756. The molecule has 1 aromatic carbocycles. The Morgan fingerprint density at radius 2 is 2.00 bits per heavy atom. The van der Waals surface area contributed by atoms with Crippen LogP contribution in [0.5, 0.6) is 5.75 Å². The van der Waals surface area contributed by atoms with Gasteiger partial charge in [0.2, 0.25) is 0 Å². The lowest BCUT2D eigenvalue weighted by Gasteiger charge is -2.30. The second-order valence-corrected chi connectivity index (χ2v) is 6.42. The van der Waals surface area contributed by atoms with Crippen molar-refractivity contribution in [3.05, 3.63) is 64.2 Å². The van der Waals surface area contributed by atoms with Gasteiger partial charge < -0.3 is 10.1 Å². The predicted octanol–water partition coefficient (Wildman–Crippen LogP) is 3.27. The van der Waals surface area contributed by atoms with Crippen molar-refractivity contribution in [1.82, 2.24) is 14.6 Å². The van der Waals surface area contributed by atoms with E-state index in [0.717, 1.165) is 28.2 Å². The monoisotopic (exact) mass is 356 g/mol. The molecule has 3 heterocycles. The number of hydrogen-bond donors (Lipinski definition) is 1. The SMILES string of the molecule is COc1cc(C#N)ccc1C1C(C#N)=C(C)Nc2c(C)cc3nncn3c21. The van der Waals surface area contributed by atoms with E-state index in [1.165, 1.54) is 0 Å². The van der Waals surface area contributed by atoms with Crippen molar-refractivity contribution < 1.29 is 4.74 Å². The van der Waals surface area contributed by atoms with E-state index in [-0.39, 0.29) is 5.92 Å². The summed E-state index contributed by atoms with van der Waals surface area (Å²) in [4.78, 5) is 0. The third-order valence-electron chi connectivity index (χ3n) is 4.90. The molecule has 0 bridgehead atoms. The first-order chi connectivity index (χ1) is 13.1. The van der Waals surface area contributed by atoms with Gasteiger partial charge in [-0.3, -0.25) is 4.40 Å². The Labute approximate surface area is 156 Å². The summed E-state index contributed by atoms with van der Waals surface area (Å²) in [5.74, 6) is 0.197. The highest BCUT2D eigenvalue weighted by atomic mass is 16.5. The third kappa shape index (κ3) is 2.41. The number of nitrogens with zero attached hydrogens (tertiary/aromatic N) is 5. The smallest absolute Gasteiger partial charge is 0.161 e. The summed E-state index contributed by atoms with van der Waals surface area (Å²) in [7, 11) is 1.56. The molecule has 0 fully saturated rings. The van der Waals surface area contributed by atoms with Crippen LogP contribution in [0.4, 0.5) is 5.69 Å². The fourth-order valence-electron chi connectivity index (χ4n) is 3.64. The Morgan fingerprint density at radius 1 is 1.19 bits per heavy atom. The number of aryl methyl sites for hydroxylation is 1. The Kier molecular flexibility index (Phi) is 3.79. The molecule has 4 rings (SSSR count). The van der Waals surface area contributed by atoms with Gasteiger partial charge in [-0.05, 0) is 37.6 Å². The van der Waals surface area contributed by atoms with E-state index in [1.54, 1.807) is 25.6 Å². The first-order valence-corrected chi connectivity index (χ1v) is 8.38. The predicted molar refractivity (Wildman–Crippen MR) is 99.2 cm³/mol. The molecular weight excluding hydrogens is 340 g/mol. The maximum atomic E-state index is 9.89. The minimum atomic E-state index is -0.368. The Bertz CT molecular complexity index is 1190. The van der Waals surface area contributed by atoms with E-state index in [2.05, 4.69) is 27.7 Å². The first-order valence-electron chi connectivity index (χ1n) is 8.38. The number of allylic oxidation sites excluding steroid dienone is 2. The highest BCUT2D eigenvalue weighted by molar-refractivity contribution is 5.72. The van der Waals surface area contributed by atoms with Gasteiger partial charge in [0.05, 0.1) is 47.7 Å². The van der Waals surface area contributed by atoms with Gasteiger partial charge in [0, 0.05) is 11.3 Å². The van der Waals surface area contributed by atoms with Crippen molar-refractivity contribution in [3.8, 4) is 17.9 Å². The van der Waals surface area contributed by atoms with Gasteiger partial charge >= 0.3 is 0 Å². The van der Waals surface area contributed by atoms with Crippen LogP contribution in [0.2, 0.25) is 0 Å². The van der Waals surface area contributed by atoms with Gasteiger partial charge in [-0.25, -0.2) is 0 Å². The van der Waals surface area contributed by atoms with Crippen LogP contribution in [0.25, 0.3) is 5.65 Å². The third-order valence-corrected chi connectivity index (χ3v) is 4.90. The topological polar surface area (TPSA) is 99.0 Å². The fraction of sp³-hybridized carbons (Fsp3) is 0.200. The number of hydrogen-bond acceptors (Lipinski definition) is 6. The molecule has 3 aromatic rings. The molecule has 1 unspecified atom stereocenters. The van der Waals surface area contributed by atoms with Gasteiger partial charge in [-0.1, -0.05) is 6.07 Å². The lowest BCUT2D eigenvalue weighted by Crippen LogP contribution is -2.21. The Hall–Kier alpha value is -3.84. The average Bonchev–Trinajstić information content (AvgIpc) is 3.14. The van der Waals surface area contributed by atoms with Crippen LogP contribution in [0, 0.1) is 29.6 Å². The van der Waals surface area contributed by atoms with E-state index in [4.69, 9.17) is 4.74 Å². The Balaban J connectivity index is 2.09. The lowest BCUT2D eigenvalue weighted by atomic mass is 9.82. The molecule has 132 valence electrons. The van der Waals surface area contributed by atoms with Gasteiger partial charge in [-0.2, -0.15) is 10.5 Å². The molecule has 0 amide bonds. The summed E-state index contributed by atoms with van der Waals surface area (Å²) < 4.78 is 7.45. The van der Waals surface area contributed by atoms with Crippen LogP contribution >= 0.6 is 0 Å². The molecule has 0 aliphatic carbocycles. The van der Waals surface area contributed by atoms with Gasteiger partial charge in [-0.15, -0.1) is 10.2 Å². The van der Waals surface area contributed by atoms with Crippen LogP contribution in [0.15, 0.2) is 41.9 Å². The maximum absolute atomic E-state index is 9.89. The van der Waals surface area contributed by atoms with E-state index >= 15 is 0 Å². The summed E-state index contributed by atoms with van der Waals surface area (Å²) in [5.41, 5.74) is 6.22. The van der Waals surface area contributed by atoms with Crippen molar-refractivity contribution >= 4 is 11.3 Å². The second-order valence-electron chi connectivity index (χ2n) is 6.42. The summed E-state index contributed by atoms with van der Waals surface area (Å²) in [6.07, 6.45) is 1.65. The van der Waals surface area contributed by atoms with E-state index in [9.17, 15) is 10.5 Å². The number of pyridine rings is 1. The molecule has 1 atom stereocenters. The number of rotatable bonds is 2. The second kappa shape index (κ2) is 6.15. The molecule has 7 heteroatoms. The molecule has 1 aliphatic heterocycles. The number of aromatic nitrogens is 3. The van der Waals surface area contributed by atoms with E-state index in [1.807, 2.05) is 30.4 Å². The number of methoxy groups -OCH3 is 1. The maximum Gasteiger partial charge on any atom is 0.161 e. The number of benzene rings is 1. The highest BCUT2D eigenvalue weighted by Gasteiger charge is 2.33. The molecule has 0 radical (unpaired) electrons. The van der Waals surface area contributed by atoms with E-state index in [0.29, 0.717) is 22.5 Å². The zero-order chi connectivity index (χ0) is 19.1. The number of fused-ring (bicyclic) bond motifs is 3. The Morgan fingerprint density at radius 3 is 2.70 bits per heavy atom. The number of nitriles is 2. The van der Waals surface area contributed by atoms with E-state index < -0.39 is 0 Å². The molecule has 0 saturated heterocycles. The molecule has 7 nitrogen and oxygen atoms in total. The zero-order valence-electron chi connectivity index (χ0n) is 15.1. The summed E-state index contributed by atoms with van der Waals surface area (Å²) in [6, 6.07) is 11.7. The van der Waals surface area contributed by atoms with Gasteiger partial charge in [0.25, 0.3) is 0 Å². The first kappa shape index (κ1) is 16.6. The summed E-state index contributed by atoms with van der Waals surface area (Å²) in [6.45, 7) is 3.89. The van der Waals surface area contributed by atoms with Crippen LogP contribution in [-0.2, 0) is 0 Å². The van der Waals surface area contributed by atoms with Crippen LogP contribution < -0.4 is 10.1 Å². The molecule has 2 aromatic heterocycles. The molecule has 0 spiro atoms. The fourth-order valence-corrected chi connectivity index (χ4v) is 3.64. The zero-order valence-corrected chi connectivity index (χ0v) is 15.1. The normalized spacial score (nSPS) is 15.7. The largest absolute Gasteiger partial charge is 0.496 e. The number of nitrogens with one attached hydrogen (secondary N) is 1. The van der Waals surface area contributed by atoms with Crippen molar-refractivity contribution in [2.24, 2.45) is 0 Å². The standard InChI is InChI=1S/C20H16N6O/c1-11-6-17-25-23-10-26(17)20-18(15(9-22)12(2)24-19(11)20)14-5-4-13(8-21)7-16(14)27-3/h4-7,10,18,24H,1-3H3. The van der Waals surface area contributed by atoms with Crippen molar-refractivity contribution in [3.63, 3.8) is 0 Å². The van der Waals surface area contributed by atoms with Crippen LogP contribution in [0.3, 0.4) is 0 Å². The molecular formula is C20H16N6O. The van der Waals surface area contributed by atoms with Gasteiger partial charge in [0.1, 0.15) is 12.1 Å². The minimum Gasteiger partial charge on any atom is -0.496 e. The molecule has 27 heavy (non-hydrogen) atoms.